The van der Waals surface area contributed by atoms with Gasteiger partial charge in [-0.1, -0.05) is 204 Å². The molecule has 0 saturated carbocycles. The fraction of sp³-hybridized carbons (Fsp3) is 0.0769. The normalized spacial score (nSPS) is 12.3. The molecular weight excluding hydrogens is 689 g/mol. The average molecular weight is 731 g/mol. The molecular formula is C52H42S2. The number of rotatable bonds is 11. The van der Waals surface area contributed by atoms with Crippen molar-refractivity contribution in [3.8, 4) is 66.8 Å². The molecule has 0 aliphatic rings. The van der Waals surface area contributed by atoms with E-state index in [0.717, 1.165) is 0 Å². The Kier molecular flexibility index (Phi) is 10.9. The summed E-state index contributed by atoms with van der Waals surface area (Å²) in [6.45, 7) is 4.76. The summed E-state index contributed by atoms with van der Waals surface area (Å²) < 4.78 is 0. The number of benzene rings is 8. The fourth-order valence-electron chi connectivity index (χ4n) is 7.38. The highest BCUT2D eigenvalue weighted by Crippen LogP contribution is 2.53. The van der Waals surface area contributed by atoms with E-state index in [2.05, 4.69) is 220 Å². The largest absolute Gasteiger partial charge is 0.0856 e. The molecule has 0 aliphatic carbocycles. The molecule has 0 spiro atoms. The van der Waals surface area contributed by atoms with Crippen molar-refractivity contribution >= 4 is 21.6 Å². The van der Waals surface area contributed by atoms with E-state index in [1.165, 1.54) is 77.9 Å². The molecule has 0 N–H and O–H groups in total. The zero-order valence-corrected chi connectivity index (χ0v) is 32.2. The van der Waals surface area contributed by atoms with Crippen LogP contribution in [0.15, 0.2) is 206 Å². The van der Waals surface area contributed by atoms with Crippen LogP contribution in [0, 0.1) is 0 Å². The molecule has 54 heavy (non-hydrogen) atoms. The maximum Gasteiger partial charge on any atom is 0.0379 e. The first-order chi connectivity index (χ1) is 26.6. The van der Waals surface area contributed by atoms with E-state index >= 15 is 0 Å². The van der Waals surface area contributed by atoms with Crippen molar-refractivity contribution in [2.75, 3.05) is 0 Å². The van der Waals surface area contributed by atoms with Crippen molar-refractivity contribution in [3.63, 3.8) is 0 Å². The minimum Gasteiger partial charge on any atom is -0.0856 e. The molecule has 8 rings (SSSR count). The summed E-state index contributed by atoms with van der Waals surface area (Å²) in [4.78, 5) is 0. The molecule has 0 radical (unpaired) electrons. The Labute approximate surface area is 328 Å². The van der Waals surface area contributed by atoms with Crippen LogP contribution in [-0.2, 0) is 0 Å². The monoisotopic (exact) mass is 730 g/mol. The molecule has 0 amide bonds. The molecule has 8 aromatic rings. The van der Waals surface area contributed by atoms with Crippen LogP contribution in [-0.4, -0.2) is 0 Å². The summed E-state index contributed by atoms with van der Waals surface area (Å²) in [7, 11) is 3.95. The molecule has 0 saturated heterocycles. The van der Waals surface area contributed by atoms with E-state index < -0.39 is 0 Å². The Balaban J connectivity index is 1.24. The third kappa shape index (κ3) is 7.73. The van der Waals surface area contributed by atoms with Crippen molar-refractivity contribution in [3.05, 3.63) is 217 Å². The van der Waals surface area contributed by atoms with Gasteiger partial charge >= 0.3 is 0 Å². The van der Waals surface area contributed by atoms with E-state index in [9.17, 15) is 0 Å². The summed E-state index contributed by atoms with van der Waals surface area (Å²) in [5.41, 5.74) is 17.7. The van der Waals surface area contributed by atoms with Crippen LogP contribution >= 0.6 is 21.6 Å². The van der Waals surface area contributed by atoms with Crippen LogP contribution in [0.5, 0.6) is 0 Å². The highest BCUT2D eigenvalue weighted by molar-refractivity contribution is 8.76. The first-order valence-electron chi connectivity index (χ1n) is 18.6. The highest BCUT2D eigenvalue weighted by Gasteiger charge is 2.24. The van der Waals surface area contributed by atoms with E-state index in [0.29, 0.717) is 0 Å². The second-order valence-electron chi connectivity index (χ2n) is 13.6. The summed E-state index contributed by atoms with van der Waals surface area (Å²) >= 11 is 0. The minimum atomic E-state index is 0.199. The summed E-state index contributed by atoms with van der Waals surface area (Å²) in [6.07, 6.45) is 0. The van der Waals surface area contributed by atoms with E-state index in [-0.39, 0.29) is 10.5 Å². The van der Waals surface area contributed by atoms with Crippen molar-refractivity contribution in [1.29, 1.82) is 0 Å². The Morgan fingerprint density at radius 2 is 0.537 bits per heavy atom. The lowest BCUT2D eigenvalue weighted by molar-refractivity contribution is 1.10. The molecule has 0 aliphatic heterocycles. The van der Waals surface area contributed by atoms with Crippen molar-refractivity contribution in [2.24, 2.45) is 0 Å². The zero-order valence-electron chi connectivity index (χ0n) is 30.6. The highest BCUT2D eigenvalue weighted by atomic mass is 33.1. The van der Waals surface area contributed by atoms with Crippen LogP contribution in [0.4, 0.5) is 0 Å². The molecule has 2 atom stereocenters. The van der Waals surface area contributed by atoms with E-state index in [1.807, 2.05) is 21.6 Å². The quantitative estimate of drug-likeness (QED) is 0.122. The third-order valence-electron chi connectivity index (χ3n) is 10.1. The first kappa shape index (κ1) is 35.5. The third-order valence-corrected chi connectivity index (χ3v) is 13.3. The van der Waals surface area contributed by atoms with Crippen LogP contribution in [0.25, 0.3) is 66.8 Å². The van der Waals surface area contributed by atoms with Crippen molar-refractivity contribution in [2.45, 2.75) is 24.3 Å². The van der Waals surface area contributed by atoms with Gasteiger partial charge in [-0.2, -0.15) is 0 Å². The lowest BCUT2D eigenvalue weighted by atomic mass is 9.86. The van der Waals surface area contributed by atoms with E-state index in [1.54, 1.807) is 0 Å². The van der Waals surface area contributed by atoms with Crippen LogP contribution in [0.1, 0.15) is 35.5 Å². The van der Waals surface area contributed by atoms with Gasteiger partial charge in [0.2, 0.25) is 0 Å². The van der Waals surface area contributed by atoms with Gasteiger partial charge in [0.1, 0.15) is 0 Å². The van der Waals surface area contributed by atoms with Gasteiger partial charge in [-0.15, -0.1) is 0 Å². The second kappa shape index (κ2) is 16.6. The van der Waals surface area contributed by atoms with Gasteiger partial charge in [-0.3, -0.25) is 0 Å². The van der Waals surface area contributed by atoms with Gasteiger partial charge in [0.25, 0.3) is 0 Å². The molecule has 0 unspecified atom stereocenters. The lowest BCUT2D eigenvalue weighted by Gasteiger charge is -2.25. The fourth-order valence-corrected chi connectivity index (χ4v) is 9.91. The SMILES string of the molecule is C[C@@H](SS[C@H](C)c1cc(-c2ccccc2)cc(-c2ccccc2)c1-c1ccccc1)c1cc(-c2ccccc2)cc(-c2ccccc2)c1-c1ccccc1. The summed E-state index contributed by atoms with van der Waals surface area (Å²) in [6, 6.07) is 74.9. The van der Waals surface area contributed by atoms with E-state index in [4.69, 9.17) is 0 Å². The number of hydrogen-bond acceptors (Lipinski definition) is 2. The second-order valence-corrected chi connectivity index (χ2v) is 16.6. The smallest absolute Gasteiger partial charge is 0.0379 e. The molecule has 0 fully saturated rings. The van der Waals surface area contributed by atoms with Crippen LogP contribution in [0.2, 0.25) is 0 Å². The standard InChI is InChI=1S/C52H42S2/c1-37(47-33-45(39-21-9-3-10-22-39)35-49(41-25-13-5-14-26-41)51(47)43-29-17-7-18-30-43)53-54-38(2)48-34-46(40-23-11-4-12-24-40)36-50(42-27-15-6-16-28-42)52(48)44-31-19-8-20-32-44/h3-38H,1-2H3/t37-,38-/m1/s1. The number of hydrogen-bond donors (Lipinski definition) is 0. The predicted octanol–water partition coefficient (Wildman–Crippen LogP) is 15.9. The summed E-state index contributed by atoms with van der Waals surface area (Å²) in [5.74, 6) is 0. The van der Waals surface area contributed by atoms with Crippen LogP contribution < -0.4 is 0 Å². The Morgan fingerprint density at radius 1 is 0.278 bits per heavy atom. The molecule has 0 bridgehead atoms. The minimum absolute atomic E-state index is 0.199. The molecule has 8 aromatic carbocycles. The van der Waals surface area contributed by atoms with Crippen molar-refractivity contribution < 1.29 is 0 Å². The van der Waals surface area contributed by atoms with Gasteiger partial charge in [0.15, 0.2) is 0 Å². The van der Waals surface area contributed by atoms with Gasteiger partial charge in [-0.25, -0.2) is 0 Å². The van der Waals surface area contributed by atoms with Gasteiger partial charge in [0, 0.05) is 10.5 Å². The molecule has 0 nitrogen and oxygen atoms in total. The maximum absolute atomic E-state index is 2.44. The predicted molar refractivity (Wildman–Crippen MR) is 238 cm³/mol. The lowest BCUT2D eigenvalue weighted by Crippen LogP contribution is -1.99. The topological polar surface area (TPSA) is 0 Å². The molecule has 2 heteroatoms. The molecule has 0 heterocycles. The Morgan fingerprint density at radius 3 is 0.833 bits per heavy atom. The Hall–Kier alpha value is -5.54. The van der Waals surface area contributed by atoms with Crippen LogP contribution in [0.3, 0.4) is 0 Å². The average Bonchev–Trinajstić information content (AvgIpc) is 3.26. The van der Waals surface area contributed by atoms with Gasteiger partial charge < -0.3 is 0 Å². The van der Waals surface area contributed by atoms with Crippen molar-refractivity contribution in [1.82, 2.24) is 0 Å². The summed E-state index contributed by atoms with van der Waals surface area (Å²) in [5, 5.41) is 0.398. The van der Waals surface area contributed by atoms with Gasteiger partial charge in [-0.05, 0) is 116 Å². The molecule has 0 aromatic heterocycles. The molecule has 262 valence electrons. The maximum atomic E-state index is 2.44. The van der Waals surface area contributed by atoms with Gasteiger partial charge in [0.05, 0.1) is 0 Å². The Bertz CT molecular complexity index is 2250. The first-order valence-corrected chi connectivity index (χ1v) is 20.9. The zero-order chi connectivity index (χ0) is 36.7.